The van der Waals surface area contributed by atoms with E-state index < -0.39 is 0 Å². The summed E-state index contributed by atoms with van der Waals surface area (Å²) in [6.07, 6.45) is 10.6. The van der Waals surface area contributed by atoms with E-state index >= 15 is 0 Å². The number of hydrogen-bond acceptors (Lipinski definition) is 2. The Kier molecular flexibility index (Phi) is 4.12. The van der Waals surface area contributed by atoms with E-state index in [4.69, 9.17) is 5.73 Å². The van der Waals surface area contributed by atoms with Gasteiger partial charge in [-0.2, -0.15) is 0 Å². The summed E-state index contributed by atoms with van der Waals surface area (Å²) in [6, 6.07) is 11.3. The fourth-order valence-electron chi connectivity index (χ4n) is 3.06. The van der Waals surface area contributed by atoms with Gasteiger partial charge in [-0.25, -0.2) is 0 Å². The molecule has 1 atom stereocenters. The van der Waals surface area contributed by atoms with E-state index in [1.807, 2.05) is 18.5 Å². The van der Waals surface area contributed by atoms with Gasteiger partial charge in [0, 0.05) is 18.4 Å². The number of aryl methyl sites for hydroxylation is 3. The molecule has 0 saturated heterocycles. The van der Waals surface area contributed by atoms with Crippen LogP contribution in [0.3, 0.4) is 0 Å². The highest BCUT2D eigenvalue weighted by Gasteiger charge is 2.12. The molecule has 1 aromatic carbocycles. The molecular formula is C18H22N2. The molecule has 3 rings (SSSR count). The maximum absolute atomic E-state index is 6.28. The number of rotatable bonds is 5. The number of aromatic nitrogens is 1. The van der Waals surface area contributed by atoms with Crippen LogP contribution in [0.1, 0.15) is 35.1 Å². The summed E-state index contributed by atoms with van der Waals surface area (Å²) in [7, 11) is 0. The van der Waals surface area contributed by atoms with Crippen LogP contribution < -0.4 is 5.73 Å². The molecule has 0 amide bonds. The van der Waals surface area contributed by atoms with Crippen molar-refractivity contribution in [2.75, 3.05) is 0 Å². The molecule has 2 nitrogen and oxygen atoms in total. The first-order chi connectivity index (χ1) is 9.81. The van der Waals surface area contributed by atoms with Crippen LogP contribution in [0.4, 0.5) is 0 Å². The van der Waals surface area contributed by atoms with Gasteiger partial charge < -0.3 is 5.73 Å². The molecule has 0 spiro atoms. The number of benzene rings is 1. The van der Waals surface area contributed by atoms with E-state index in [0.29, 0.717) is 0 Å². The summed E-state index contributed by atoms with van der Waals surface area (Å²) < 4.78 is 0. The normalized spacial score (nSPS) is 15.1. The van der Waals surface area contributed by atoms with E-state index in [0.717, 1.165) is 19.3 Å². The van der Waals surface area contributed by atoms with Gasteiger partial charge in [-0.05, 0) is 66.8 Å². The Balaban J connectivity index is 1.55. The van der Waals surface area contributed by atoms with E-state index in [9.17, 15) is 0 Å². The number of pyridine rings is 1. The second kappa shape index (κ2) is 6.19. The third-order valence-corrected chi connectivity index (χ3v) is 4.19. The first-order valence-corrected chi connectivity index (χ1v) is 7.56. The van der Waals surface area contributed by atoms with Gasteiger partial charge in [-0.1, -0.05) is 24.3 Å². The molecule has 1 heterocycles. The lowest BCUT2D eigenvalue weighted by Gasteiger charge is -2.12. The largest absolute Gasteiger partial charge is 0.327 e. The van der Waals surface area contributed by atoms with Crippen LogP contribution in [-0.2, 0) is 25.7 Å². The summed E-state index contributed by atoms with van der Waals surface area (Å²) in [4.78, 5) is 4.15. The second-order valence-corrected chi connectivity index (χ2v) is 5.82. The van der Waals surface area contributed by atoms with Crippen molar-refractivity contribution >= 4 is 0 Å². The van der Waals surface area contributed by atoms with E-state index in [2.05, 4.69) is 29.2 Å². The Morgan fingerprint density at radius 1 is 1.10 bits per heavy atom. The van der Waals surface area contributed by atoms with Crippen LogP contribution in [0.25, 0.3) is 0 Å². The lowest BCUT2D eigenvalue weighted by Crippen LogP contribution is -2.23. The van der Waals surface area contributed by atoms with Crippen molar-refractivity contribution in [2.24, 2.45) is 5.73 Å². The molecule has 1 aromatic heterocycles. The van der Waals surface area contributed by atoms with Crippen LogP contribution in [0.2, 0.25) is 0 Å². The topological polar surface area (TPSA) is 38.9 Å². The van der Waals surface area contributed by atoms with Crippen molar-refractivity contribution in [3.63, 3.8) is 0 Å². The van der Waals surface area contributed by atoms with Gasteiger partial charge in [-0.15, -0.1) is 0 Å². The SMILES string of the molecule is NC(CCc1cccnc1)Cc1ccc2c(c1)CCC2. The number of nitrogens with two attached hydrogens (primary N) is 1. The average molecular weight is 266 g/mol. The Morgan fingerprint density at radius 2 is 2.00 bits per heavy atom. The van der Waals surface area contributed by atoms with Gasteiger partial charge in [-0.3, -0.25) is 4.98 Å². The lowest BCUT2D eigenvalue weighted by atomic mass is 9.98. The van der Waals surface area contributed by atoms with Crippen molar-refractivity contribution < 1.29 is 0 Å². The van der Waals surface area contributed by atoms with Crippen LogP contribution in [0, 0.1) is 0 Å². The fraction of sp³-hybridized carbons (Fsp3) is 0.389. The zero-order chi connectivity index (χ0) is 13.8. The number of nitrogens with zero attached hydrogens (tertiary/aromatic N) is 1. The monoisotopic (exact) mass is 266 g/mol. The van der Waals surface area contributed by atoms with Crippen LogP contribution in [-0.4, -0.2) is 11.0 Å². The molecule has 104 valence electrons. The molecule has 0 bridgehead atoms. The van der Waals surface area contributed by atoms with Crippen molar-refractivity contribution in [3.8, 4) is 0 Å². The quantitative estimate of drug-likeness (QED) is 0.903. The van der Waals surface area contributed by atoms with E-state index in [1.165, 1.54) is 36.0 Å². The Labute approximate surface area is 121 Å². The summed E-state index contributed by atoms with van der Waals surface area (Å²) in [5.74, 6) is 0. The van der Waals surface area contributed by atoms with E-state index in [-0.39, 0.29) is 6.04 Å². The Morgan fingerprint density at radius 3 is 2.85 bits per heavy atom. The van der Waals surface area contributed by atoms with Crippen molar-refractivity contribution in [3.05, 3.63) is 65.0 Å². The standard InChI is InChI=1S/C18H22N2/c19-18(9-7-14-3-2-10-20-13-14)12-15-6-8-16-4-1-5-17(16)11-15/h2-3,6,8,10-11,13,18H,1,4-5,7,9,12,19H2. The Bertz CT molecular complexity index is 563. The van der Waals surface area contributed by atoms with Gasteiger partial charge >= 0.3 is 0 Å². The van der Waals surface area contributed by atoms with Gasteiger partial charge in [0.2, 0.25) is 0 Å². The molecule has 2 N–H and O–H groups in total. The molecule has 1 unspecified atom stereocenters. The predicted octanol–water partition coefficient (Wildman–Crippen LogP) is 3.07. The maximum Gasteiger partial charge on any atom is 0.0299 e. The fourth-order valence-corrected chi connectivity index (χ4v) is 3.06. The highest BCUT2D eigenvalue weighted by molar-refractivity contribution is 5.35. The highest BCUT2D eigenvalue weighted by Crippen LogP contribution is 2.23. The first kappa shape index (κ1) is 13.3. The zero-order valence-electron chi connectivity index (χ0n) is 11.9. The summed E-state index contributed by atoms with van der Waals surface area (Å²) in [6.45, 7) is 0. The molecule has 2 aromatic rings. The average Bonchev–Trinajstić information content (AvgIpc) is 2.94. The first-order valence-electron chi connectivity index (χ1n) is 7.56. The molecule has 0 fully saturated rings. The van der Waals surface area contributed by atoms with Crippen LogP contribution in [0.5, 0.6) is 0 Å². The molecular weight excluding hydrogens is 244 g/mol. The highest BCUT2D eigenvalue weighted by atomic mass is 14.6. The van der Waals surface area contributed by atoms with Gasteiger partial charge in [0.25, 0.3) is 0 Å². The molecule has 0 saturated carbocycles. The molecule has 2 heteroatoms. The summed E-state index contributed by atoms with van der Waals surface area (Å²) in [5, 5.41) is 0. The Hall–Kier alpha value is -1.67. The van der Waals surface area contributed by atoms with E-state index in [1.54, 1.807) is 5.56 Å². The third kappa shape index (κ3) is 3.26. The van der Waals surface area contributed by atoms with Crippen LogP contribution in [0.15, 0.2) is 42.7 Å². The zero-order valence-corrected chi connectivity index (χ0v) is 11.9. The smallest absolute Gasteiger partial charge is 0.0299 e. The second-order valence-electron chi connectivity index (χ2n) is 5.82. The van der Waals surface area contributed by atoms with Gasteiger partial charge in [0.05, 0.1) is 0 Å². The van der Waals surface area contributed by atoms with Gasteiger partial charge in [0.1, 0.15) is 0 Å². The minimum Gasteiger partial charge on any atom is -0.327 e. The van der Waals surface area contributed by atoms with Crippen LogP contribution >= 0.6 is 0 Å². The molecule has 0 aliphatic heterocycles. The third-order valence-electron chi connectivity index (χ3n) is 4.19. The van der Waals surface area contributed by atoms with Crippen molar-refractivity contribution in [1.29, 1.82) is 0 Å². The predicted molar refractivity (Wildman–Crippen MR) is 82.7 cm³/mol. The van der Waals surface area contributed by atoms with Gasteiger partial charge in [0.15, 0.2) is 0 Å². The minimum absolute atomic E-state index is 0.231. The molecule has 0 radical (unpaired) electrons. The van der Waals surface area contributed by atoms with Crippen molar-refractivity contribution in [2.45, 2.75) is 44.6 Å². The molecule has 20 heavy (non-hydrogen) atoms. The maximum atomic E-state index is 6.28. The molecule has 1 aliphatic rings. The molecule has 1 aliphatic carbocycles. The summed E-state index contributed by atoms with van der Waals surface area (Å²) >= 11 is 0. The summed E-state index contributed by atoms with van der Waals surface area (Å²) in [5.41, 5.74) is 12.0. The van der Waals surface area contributed by atoms with Crippen molar-refractivity contribution in [1.82, 2.24) is 4.98 Å². The lowest BCUT2D eigenvalue weighted by molar-refractivity contribution is 0.609. The number of fused-ring (bicyclic) bond motifs is 1. The minimum atomic E-state index is 0.231. The number of hydrogen-bond donors (Lipinski definition) is 1.